The molecule has 0 bridgehead atoms. The van der Waals surface area contributed by atoms with Crippen molar-refractivity contribution in [3.05, 3.63) is 34.4 Å². The summed E-state index contributed by atoms with van der Waals surface area (Å²) >= 11 is 0. The Hall–Kier alpha value is -2.31. The highest BCUT2D eigenvalue weighted by atomic mass is 16.6. The first-order valence-corrected chi connectivity index (χ1v) is 9.46. The van der Waals surface area contributed by atoms with Crippen molar-refractivity contribution in [3.63, 3.8) is 0 Å². The molecule has 0 radical (unpaired) electrons. The van der Waals surface area contributed by atoms with Gasteiger partial charge in [-0.2, -0.15) is 0 Å². The first-order chi connectivity index (χ1) is 14.6. The quantitative estimate of drug-likeness (QED) is 0.137. The predicted molar refractivity (Wildman–Crippen MR) is 105 cm³/mol. The van der Waals surface area contributed by atoms with Gasteiger partial charge in [0.2, 0.25) is 0 Å². The zero-order valence-electron chi connectivity index (χ0n) is 17.1. The molecule has 0 amide bonds. The van der Waals surface area contributed by atoms with Crippen LogP contribution in [0.2, 0.25) is 0 Å². The monoisotopic (exact) mass is 431 g/mol. The van der Waals surface area contributed by atoms with Crippen LogP contribution in [0.5, 0.6) is 5.75 Å². The minimum atomic E-state index is -0.459. The Balaban J connectivity index is 1.78. The molecular formula is C19H29NO10. The van der Waals surface area contributed by atoms with Gasteiger partial charge in [-0.1, -0.05) is 0 Å². The van der Waals surface area contributed by atoms with E-state index in [9.17, 15) is 14.9 Å². The number of esters is 1. The summed E-state index contributed by atoms with van der Waals surface area (Å²) in [4.78, 5) is 20.9. The van der Waals surface area contributed by atoms with Gasteiger partial charge in [0.05, 0.1) is 71.5 Å². The molecule has 0 heterocycles. The highest BCUT2D eigenvalue weighted by Crippen LogP contribution is 2.16. The molecule has 11 nitrogen and oxygen atoms in total. The lowest BCUT2D eigenvalue weighted by Gasteiger charge is -2.08. The van der Waals surface area contributed by atoms with Gasteiger partial charge in [-0.25, -0.2) is 4.79 Å². The average Bonchev–Trinajstić information content (AvgIpc) is 2.75. The first-order valence-electron chi connectivity index (χ1n) is 9.46. The number of carbonyl (C=O) groups excluding carboxylic acids is 1. The van der Waals surface area contributed by atoms with Crippen molar-refractivity contribution in [1.82, 2.24) is 0 Å². The molecule has 1 aromatic rings. The van der Waals surface area contributed by atoms with Crippen LogP contribution in [-0.4, -0.2) is 90.7 Å². The molecular weight excluding hydrogens is 402 g/mol. The second-order valence-corrected chi connectivity index (χ2v) is 5.68. The van der Waals surface area contributed by atoms with E-state index in [1.165, 1.54) is 19.2 Å². The Morgan fingerprint density at radius 1 is 0.767 bits per heavy atom. The third kappa shape index (κ3) is 13.8. The van der Waals surface area contributed by atoms with Crippen LogP contribution in [0.25, 0.3) is 0 Å². The van der Waals surface area contributed by atoms with Crippen LogP contribution in [0, 0.1) is 10.1 Å². The molecule has 1 rings (SSSR count). The number of rotatable bonds is 19. The molecule has 0 spiro atoms. The number of nitrogens with zero attached hydrogens (tertiary/aromatic N) is 1. The lowest BCUT2D eigenvalue weighted by atomic mass is 10.3. The highest BCUT2D eigenvalue weighted by molar-refractivity contribution is 5.70. The number of carbonyl (C=O) groups is 1. The smallest absolute Gasteiger partial charge is 0.331 e. The van der Waals surface area contributed by atoms with Crippen molar-refractivity contribution in [2.45, 2.75) is 0 Å². The van der Waals surface area contributed by atoms with Crippen LogP contribution >= 0.6 is 0 Å². The highest BCUT2D eigenvalue weighted by Gasteiger charge is 2.04. The number of benzene rings is 1. The normalized spacial score (nSPS) is 10.7. The van der Waals surface area contributed by atoms with Crippen molar-refractivity contribution in [1.29, 1.82) is 0 Å². The van der Waals surface area contributed by atoms with Crippen molar-refractivity contribution in [3.8, 4) is 5.75 Å². The summed E-state index contributed by atoms with van der Waals surface area (Å²) in [5.41, 5.74) is 0.0225. The van der Waals surface area contributed by atoms with Gasteiger partial charge < -0.3 is 33.2 Å². The van der Waals surface area contributed by atoms with Gasteiger partial charge in [0.15, 0.2) is 0 Å². The van der Waals surface area contributed by atoms with E-state index in [0.717, 1.165) is 0 Å². The maximum atomic E-state index is 10.8. The number of ether oxygens (including phenoxy) is 7. The SMILES string of the molecule is COC(=O)COCCOCCOCCOCCOCCOc1ccc([N+](=O)[O-])cc1. The summed E-state index contributed by atoms with van der Waals surface area (Å²) in [7, 11) is 1.30. The summed E-state index contributed by atoms with van der Waals surface area (Å²) in [6, 6.07) is 5.87. The van der Waals surface area contributed by atoms with E-state index in [2.05, 4.69) is 4.74 Å². The van der Waals surface area contributed by atoms with E-state index in [1.807, 2.05) is 0 Å². The van der Waals surface area contributed by atoms with E-state index in [4.69, 9.17) is 28.4 Å². The average molecular weight is 431 g/mol. The summed E-state index contributed by atoms with van der Waals surface area (Å²) < 4.78 is 36.2. The number of nitro benzene ring substituents is 1. The lowest BCUT2D eigenvalue weighted by Crippen LogP contribution is -2.15. The zero-order chi connectivity index (χ0) is 21.9. The van der Waals surface area contributed by atoms with E-state index >= 15 is 0 Å². The van der Waals surface area contributed by atoms with Crippen LogP contribution in [0.3, 0.4) is 0 Å². The van der Waals surface area contributed by atoms with Crippen LogP contribution in [0.15, 0.2) is 24.3 Å². The maximum absolute atomic E-state index is 10.8. The largest absolute Gasteiger partial charge is 0.491 e. The number of methoxy groups -OCH3 is 1. The minimum Gasteiger partial charge on any atom is -0.491 e. The fourth-order valence-corrected chi connectivity index (χ4v) is 1.98. The minimum absolute atomic E-state index is 0.0225. The molecule has 1 aromatic carbocycles. The van der Waals surface area contributed by atoms with E-state index in [-0.39, 0.29) is 12.3 Å². The second-order valence-electron chi connectivity index (χ2n) is 5.68. The van der Waals surface area contributed by atoms with Crippen molar-refractivity contribution >= 4 is 11.7 Å². The van der Waals surface area contributed by atoms with Crippen molar-refractivity contribution < 1.29 is 42.9 Å². The van der Waals surface area contributed by atoms with Crippen LogP contribution in [-0.2, 0) is 33.2 Å². The predicted octanol–water partition coefficient (Wildman–Crippen LogP) is 1.23. The lowest BCUT2D eigenvalue weighted by molar-refractivity contribution is -0.384. The Morgan fingerprint density at radius 3 is 1.63 bits per heavy atom. The molecule has 0 aromatic heterocycles. The molecule has 0 saturated carbocycles. The van der Waals surface area contributed by atoms with E-state index < -0.39 is 10.9 Å². The summed E-state index contributed by atoms with van der Waals surface area (Å²) in [6.07, 6.45) is 0. The summed E-state index contributed by atoms with van der Waals surface area (Å²) in [5.74, 6) is 0.134. The summed E-state index contributed by atoms with van der Waals surface area (Å²) in [6.45, 7) is 3.98. The topological polar surface area (TPSA) is 125 Å². The van der Waals surface area contributed by atoms with E-state index in [0.29, 0.717) is 71.8 Å². The van der Waals surface area contributed by atoms with Crippen molar-refractivity contribution in [2.24, 2.45) is 0 Å². The van der Waals surface area contributed by atoms with Gasteiger partial charge in [0, 0.05) is 12.1 Å². The fraction of sp³-hybridized carbons (Fsp3) is 0.632. The molecule has 30 heavy (non-hydrogen) atoms. The molecule has 0 unspecified atom stereocenters. The molecule has 11 heteroatoms. The van der Waals surface area contributed by atoms with Gasteiger partial charge in [-0.05, 0) is 12.1 Å². The van der Waals surface area contributed by atoms with E-state index in [1.54, 1.807) is 12.1 Å². The fourth-order valence-electron chi connectivity index (χ4n) is 1.98. The molecule has 0 aliphatic rings. The number of hydrogen-bond donors (Lipinski definition) is 0. The molecule has 0 fully saturated rings. The first kappa shape index (κ1) is 25.7. The molecule has 0 saturated heterocycles. The molecule has 0 aliphatic carbocycles. The Labute approximate surface area is 175 Å². The Morgan fingerprint density at radius 2 is 1.20 bits per heavy atom. The van der Waals surface area contributed by atoms with Crippen LogP contribution in [0.4, 0.5) is 5.69 Å². The zero-order valence-corrected chi connectivity index (χ0v) is 17.1. The van der Waals surface area contributed by atoms with Crippen molar-refractivity contribution in [2.75, 3.05) is 79.8 Å². The number of nitro groups is 1. The second kappa shape index (κ2) is 17.5. The van der Waals surface area contributed by atoms with Gasteiger partial charge in [-0.15, -0.1) is 0 Å². The maximum Gasteiger partial charge on any atom is 0.331 e. The van der Waals surface area contributed by atoms with Crippen LogP contribution < -0.4 is 4.74 Å². The van der Waals surface area contributed by atoms with Gasteiger partial charge >= 0.3 is 5.97 Å². The standard InChI is InChI=1S/C19H29NO10/c1-24-19(21)16-29-13-12-27-9-8-25-6-7-26-10-11-28-14-15-30-18-4-2-17(3-5-18)20(22)23/h2-5H,6-16H2,1H3. The third-order valence-electron chi connectivity index (χ3n) is 3.48. The Kier molecular flexibility index (Phi) is 15.0. The summed E-state index contributed by atoms with van der Waals surface area (Å²) in [5, 5.41) is 10.6. The number of hydrogen-bond acceptors (Lipinski definition) is 10. The van der Waals surface area contributed by atoms with Gasteiger partial charge in [-0.3, -0.25) is 10.1 Å². The van der Waals surface area contributed by atoms with Gasteiger partial charge in [0.25, 0.3) is 5.69 Å². The Bertz CT molecular complexity index is 581. The molecule has 0 aliphatic heterocycles. The third-order valence-corrected chi connectivity index (χ3v) is 3.48. The van der Waals surface area contributed by atoms with Crippen LogP contribution in [0.1, 0.15) is 0 Å². The molecule has 0 atom stereocenters. The number of non-ortho nitro benzene ring substituents is 1. The van der Waals surface area contributed by atoms with Gasteiger partial charge in [0.1, 0.15) is 19.0 Å². The molecule has 0 N–H and O–H groups in total. The molecule has 170 valence electrons.